The largest absolute Gasteiger partial charge is 0.371 e. The second-order valence-corrected chi connectivity index (χ2v) is 7.68. The Kier molecular flexibility index (Phi) is 5.42. The van der Waals surface area contributed by atoms with Gasteiger partial charge in [0.15, 0.2) is 0 Å². The van der Waals surface area contributed by atoms with E-state index in [9.17, 15) is 0 Å². The number of hydrogen-bond donors (Lipinski definition) is 1. The molecular weight excluding hydrogens is 278 g/mol. The number of nitrogens with one attached hydrogen (secondary N) is 1. The molecule has 2 atom stereocenters. The van der Waals surface area contributed by atoms with Crippen LogP contribution in [0.25, 0.3) is 0 Å². The lowest BCUT2D eigenvalue weighted by Crippen LogP contribution is -2.48. The van der Waals surface area contributed by atoms with Crippen molar-refractivity contribution >= 4 is 17.4 Å². The molecule has 1 aliphatic carbocycles. The van der Waals surface area contributed by atoms with Gasteiger partial charge in [-0.15, -0.1) is 0 Å². The number of piperidine rings is 1. The molecule has 1 aromatic heterocycles. The first-order chi connectivity index (χ1) is 10.4. The van der Waals surface area contributed by atoms with Gasteiger partial charge in [-0.25, -0.2) is 0 Å². The van der Waals surface area contributed by atoms with Crippen LogP contribution in [0.2, 0.25) is 0 Å². The monoisotopic (exact) mass is 305 g/mol. The van der Waals surface area contributed by atoms with Crippen molar-refractivity contribution in [2.24, 2.45) is 0 Å². The normalized spacial score (nSPS) is 27.2. The first-order valence-corrected chi connectivity index (χ1v) is 9.44. The fraction of sp³-hybridized carbons (Fsp3) is 0.706. The number of anilines is 1. The minimum atomic E-state index is 0.714. The molecule has 0 spiro atoms. The fourth-order valence-electron chi connectivity index (χ4n) is 3.69. The highest BCUT2D eigenvalue weighted by Crippen LogP contribution is 2.31. The smallest absolute Gasteiger partial charge is 0.0397 e. The summed E-state index contributed by atoms with van der Waals surface area (Å²) in [5.74, 6) is 1.25. The van der Waals surface area contributed by atoms with E-state index in [0.29, 0.717) is 6.04 Å². The molecule has 0 radical (unpaired) electrons. The summed E-state index contributed by atoms with van der Waals surface area (Å²) in [6, 6.07) is 5.72. The van der Waals surface area contributed by atoms with E-state index in [-0.39, 0.29) is 0 Å². The Morgan fingerprint density at radius 2 is 1.95 bits per heavy atom. The molecule has 1 aromatic rings. The molecule has 3 nitrogen and oxygen atoms in total. The summed E-state index contributed by atoms with van der Waals surface area (Å²) in [6.45, 7) is 4.62. The molecule has 3 rings (SSSR count). The third kappa shape index (κ3) is 3.92. The van der Waals surface area contributed by atoms with Crippen LogP contribution in [0.4, 0.5) is 5.69 Å². The van der Waals surface area contributed by atoms with Crippen LogP contribution in [0.15, 0.2) is 24.5 Å². The van der Waals surface area contributed by atoms with Crippen molar-refractivity contribution in [1.29, 1.82) is 0 Å². The number of aromatic nitrogens is 1. The summed E-state index contributed by atoms with van der Waals surface area (Å²) in [4.78, 5) is 6.60. The van der Waals surface area contributed by atoms with Crippen LogP contribution < -0.4 is 10.2 Å². The average Bonchev–Trinajstić information content (AvgIpc) is 2.96. The van der Waals surface area contributed by atoms with Gasteiger partial charge in [-0.1, -0.05) is 13.3 Å². The Morgan fingerprint density at radius 3 is 2.67 bits per heavy atom. The van der Waals surface area contributed by atoms with E-state index in [4.69, 9.17) is 0 Å². The molecule has 1 N–H and O–H groups in total. The van der Waals surface area contributed by atoms with E-state index in [2.05, 4.69) is 46.0 Å². The predicted octanol–water partition coefficient (Wildman–Crippen LogP) is 3.31. The SMILES string of the molecule is CCSC1CCCC1NC1CCN(c2ccncc2)CC1. The zero-order valence-electron chi connectivity index (χ0n) is 13.0. The fourth-order valence-corrected chi connectivity index (χ4v) is 4.90. The van der Waals surface area contributed by atoms with Gasteiger partial charge in [0.25, 0.3) is 0 Å². The minimum absolute atomic E-state index is 0.714. The van der Waals surface area contributed by atoms with Crippen molar-refractivity contribution in [1.82, 2.24) is 10.3 Å². The lowest BCUT2D eigenvalue weighted by molar-refractivity contribution is 0.370. The zero-order valence-corrected chi connectivity index (χ0v) is 13.8. The maximum Gasteiger partial charge on any atom is 0.0397 e. The third-order valence-electron chi connectivity index (χ3n) is 4.81. The second kappa shape index (κ2) is 7.50. The summed E-state index contributed by atoms with van der Waals surface area (Å²) >= 11 is 2.15. The maximum absolute atomic E-state index is 4.11. The Bertz CT molecular complexity index is 417. The van der Waals surface area contributed by atoms with Gasteiger partial charge < -0.3 is 10.2 Å². The summed E-state index contributed by atoms with van der Waals surface area (Å²) < 4.78 is 0. The van der Waals surface area contributed by atoms with Gasteiger partial charge in [-0.2, -0.15) is 11.8 Å². The highest BCUT2D eigenvalue weighted by molar-refractivity contribution is 7.99. The van der Waals surface area contributed by atoms with Gasteiger partial charge in [-0.3, -0.25) is 4.98 Å². The van der Waals surface area contributed by atoms with Crippen LogP contribution in [-0.2, 0) is 0 Å². The zero-order chi connectivity index (χ0) is 14.5. The van der Waals surface area contributed by atoms with Crippen molar-refractivity contribution in [3.63, 3.8) is 0 Å². The van der Waals surface area contributed by atoms with E-state index in [1.165, 1.54) is 56.6 Å². The quantitative estimate of drug-likeness (QED) is 0.903. The van der Waals surface area contributed by atoms with E-state index in [1.807, 2.05) is 12.4 Å². The molecule has 21 heavy (non-hydrogen) atoms. The van der Waals surface area contributed by atoms with E-state index < -0.39 is 0 Å². The molecule has 0 amide bonds. The summed E-state index contributed by atoms with van der Waals surface area (Å²) in [7, 11) is 0. The van der Waals surface area contributed by atoms with Crippen LogP contribution in [0.1, 0.15) is 39.0 Å². The molecule has 1 saturated carbocycles. The standard InChI is InChI=1S/C17H27N3S/c1-2-21-17-5-3-4-16(17)19-14-8-12-20(13-9-14)15-6-10-18-11-7-15/h6-7,10-11,14,16-17,19H,2-5,8-9,12-13H2,1H3. The molecule has 2 fully saturated rings. The van der Waals surface area contributed by atoms with Gasteiger partial charge in [-0.05, 0) is 43.6 Å². The van der Waals surface area contributed by atoms with Crippen molar-refractivity contribution < 1.29 is 0 Å². The van der Waals surface area contributed by atoms with Gasteiger partial charge in [0.2, 0.25) is 0 Å². The van der Waals surface area contributed by atoms with Crippen molar-refractivity contribution in [2.75, 3.05) is 23.7 Å². The van der Waals surface area contributed by atoms with Crippen LogP contribution in [0, 0.1) is 0 Å². The minimum Gasteiger partial charge on any atom is -0.371 e. The lowest BCUT2D eigenvalue weighted by atomic mass is 10.0. The Balaban J connectivity index is 1.47. The second-order valence-electron chi connectivity index (χ2n) is 6.16. The van der Waals surface area contributed by atoms with Gasteiger partial charge in [0.05, 0.1) is 0 Å². The molecule has 2 aliphatic rings. The van der Waals surface area contributed by atoms with Crippen LogP contribution >= 0.6 is 11.8 Å². The molecule has 2 heterocycles. The summed E-state index contributed by atoms with van der Waals surface area (Å²) in [6.07, 6.45) is 10.5. The van der Waals surface area contributed by atoms with Gasteiger partial charge >= 0.3 is 0 Å². The van der Waals surface area contributed by atoms with Crippen molar-refractivity contribution in [3.05, 3.63) is 24.5 Å². The van der Waals surface area contributed by atoms with Crippen LogP contribution in [0.3, 0.4) is 0 Å². The van der Waals surface area contributed by atoms with E-state index >= 15 is 0 Å². The average molecular weight is 305 g/mol. The van der Waals surface area contributed by atoms with Crippen molar-refractivity contribution in [3.8, 4) is 0 Å². The molecule has 2 unspecified atom stereocenters. The highest BCUT2D eigenvalue weighted by Gasteiger charge is 2.30. The number of pyridine rings is 1. The third-order valence-corrected chi connectivity index (χ3v) is 6.13. The molecule has 0 aromatic carbocycles. The van der Waals surface area contributed by atoms with Gasteiger partial charge in [0, 0.05) is 48.5 Å². The summed E-state index contributed by atoms with van der Waals surface area (Å²) in [5, 5.41) is 4.82. The maximum atomic E-state index is 4.11. The first kappa shape index (κ1) is 15.2. The molecule has 4 heteroatoms. The number of thioether (sulfide) groups is 1. The molecule has 116 valence electrons. The van der Waals surface area contributed by atoms with Crippen LogP contribution in [-0.4, -0.2) is 41.2 Å². The van der Waals surface area contributed by atoms with Gasteiger partial charge in [0.1, 0.15) is 0 Å². The molecule has 0 bridgehead atoms. The Labute approximate surface area is 132 Å². The Hall–Kier alpha value is -0.740. The highest BCUT2D eigenvalue weighted by atomic mass is 32.2. The molecule has 1 saturated heterocycles. The molecule has 1 aliphatic heterocycles. The van der Waals surface area contributed by atoms with E-state index in [0.717, 1.165) is 11.3 Å². The number of nitrogens with zero attached hydrogens (tertiary/aromatic N) is 2. The number of hydrogen-bond acceptors (Lipinski definition) is 4. The van der Waals surface area contributed by atoms with Crippen molar-refractivity contribution in [2.45, 2.75) is 56.4 Å². The van der Waals surface area contributed by atoms with Crippen LogP contribution in [0.5, 0.6) is 0 Å². The molecular formula is C17H27N3S. The summed E-state index contributed by atoms with van der Waals surface area (Å²) in [5.41, 5.74) is 1.32. The Morgan fingerprint density at radius 1 is 1.19 bits per heavy atom. The first-order valence-electron chi connectivity index (χ1n) is 8.39. The topological polar surface area (TPSA) is 28.2 Å². The number of rotatable bonds is 5. The predicted molar refractivity (Wildman–Crippen MR) is 92.2 cm³/mol. The lowest BCUT2D eigenvalue weighted by Gasteiger charge is -2.36. The van der Waals surface area contributed by atoms with E-state index in [1.54, 1.807) is 0 Å².